The predicted octanol–water partition coefficient (Wildman–Crippen LogP) is 4.17. The van der Waals surface area contributed by atoms with Crippen molar-refractivity contribution < 1.29 is 9.72 Å². The van der Waals surface area contributed by atoms with Crippen molar-refractivity contribution in [2.45, 2.75) is 20.8 Å². The molecule has 0 bridgehead atoms. The number of hydrogen-bond acceptors (Lipinski definition) is 3. The largest absolute Gasteiger partial charge is 0.322 e. The molecule has 0 radical (unpaired) electrons. The van der Waals surface area contributed by atoms with E-state index < -0.39 is 4.92 Å². The third kappa shape index (κ3) is 4.26. The molecule has 2 aromatic carbocycles. The first kappa shape index (κ1) is 16.4. The lowest BCUT2D eigenvalue weighted by atomic mass is 10.1. The molecule has 0 heterocycles. The van der Waals surface area contributed by atoms with Gasteiger partial charge < -0.3 is 5.32 Å². The highest BCUT2D eigenvalue weighted by Gasteiger charge is 2.06. The number of anilines is 1. The Morgan fingerprint density at radius 2 is 1.65 bits per heavy atom. The molecule has 5 nitrogen and oxygen atoms in total. The number of aryl methyl sites for hydroxylation is 3. The van der Waals surface area contributed by atoms with Crippen molar-refractivity contribution in [1.82, 2.24) is 0 Å². The molecule has 1 amide bonds. The first-order chi connectivity index (χ1) is 10.9. The highest BCUT2D eigenvalue weighted by molar-refractivity contribution is 6.02. The van der Waals surface area contributed by atoms with Crippen molar-refractivity contribution in [3.05, 3.63) is 74.8 Å². The Bertz CT molecular complexity index is 754. The number of nitrogens with one attached hydrogen (secondary N) is 1. The quantitative estimate of drug-likeness (QED) is 0.523. The maximum atomic E-state index is 12.0. The molecule has 0 aliphatic carbocycles. The van der Waals surface area contributed by atoms with Gasteiger partial charge in [-0.3, -0.25) is 14.9 Å². The summed E-state index contributed by atoms with van der Waals surface area (Å²) in [5.74, 6) is -0.238. The molecule has 0 saturated heterocycles. The fraction of sp³-hybridized carbons (Fsp3) is 0.167. The number of benzene rings is 2. The number of hydrogen-bond donors (Lipinski definition) is 1. The first-order valence-electron chi connectivity index (χ1n) is 7.18. The minimum Gasteiger partial charge on any atom is -0.322 e. The van der Waals surface area contributed by atoms with Gasteiger partial charge in [0.1, 0.15) is 0 Å². The average Bonchev–Trinajstić information content (AvgIpc) is 2.49. The predicted molar refractivity (Wildman–Crippen MR) is 91.4 cm³/mol. The van der Waals surface area contributed by atoms with Gasteiger partial charge in [0.2, 0.25) is 5.91 Å². The van der Waals surface area contributed by atoms with Crippen LogP contribution < -0.4 is 5.32 Å². The van der Waals surface area contributed by atoms with Crippen LogP contribution in [0.4, 0.5) is 11.4 Å². The summed E-state index contributed by atoms with van der Waals surface area (Å²) in [6.45, 7) is 5.92. The summed E-state index contributed by atoms with van der Waals surface area (Å²) in [6.07, 6.45) is 3.04. The molecule has 23 heavy (non-hydrogen) atoms. The zero-order valence-corrected chi connectivity index (χ0v) is 13.3. The van der Waals surface area contributed by atoms with Gasteiger partial charge >= 0.3 is 0 Å². The van der Waals surface area contributed by atoms with Gasteiger partial charge in [0.05, 0.1) is 4.92 Å². The summed E-state index contributed by atoms with van der Waals surface area (Å²) >= 11 is 0. The van der Waals surface area contributed by atoms with Gasteiger partial charge in [-0.1, -0.05) is 17.7 Å². The maximum Gasteiger partial charge on any atom is 0.269 e. The molecule has 0 aliphatic rings. The summed E-state index contributed by atoms with van der Waals surface area (Å²) in [6, 6.07) is 10.1. The lowest BCUT2D eigenvalue weighted by molar-refractivity contribution is -0.384. The van der Waals surface area contributed by atoms with E-state index in [-0.39, 0.29) is 11.6 Å². The van der Waals surface area contributed by atoms with E-state index in [0.717, 1.165) is 27.9 Å². The fourth-order valence-corrected chi connectivity index (χ4v) is 2.42. The number of nitro groups is 1. The van der Waals surface area contributed by atoms with E-state index in [1.165, 1.54) is 18.2 Å². The average molecular weight is 310 g/mol. The van der Waals surface area contributed by atoms with Crippen LogP contribution in [0.1, 0.15) is 22.3 Å². The van der Waals surface area contributed by atoms with Crippen molar-refractivity contribution in [1.29, 1.82) is 0 Å². The number of non-ortho nitro benzene ring substituents is 1. The number of nitrogens with zero attached hydrogens (tertiary/aromatic N) is 1. The van der Waals surface area contributed by atoms with E-state index in [1.807, 2.05) is 32.9 Å². The topological polar surface area (TPSA) is 72.2 Å². The molecular formula is C18H18N2O3. The highest BCUT2D eigenvalue weighted by atomic mass is 16.6. The lowest BCUT2D eigenvalue weighted by Crippen LogP contribution is -2.10. The third-order valence-corrected chi connectivity index (χ3v) is 3.46. The molecule has 5 heteroatoms. The minimum atomic E-state index is -0.455. The Morgan fingerprint density at radius 1 is 1.09 bits per heavy atom. The smallest absolute Gasteiger partial charge is 0.269 e. The standard InChI is InChI=1S/C18H18N2O3/c1-12-10-13(2)18(14(3)11-12)19-17(21)9-6-15-4-7-16(8-5-15)20(22)23/h4-11H,1-3H3,(H,19,21)/b9-6+. The van der Waals surface area contributed by atoms with Gasteiger partial charge in [0.25, 0.3) is 5.69 Å². The van der Waals surface area contributed by atoms with Gasteiger partial charge in [0.15, 0.2) is 0 Å². The highest BCUT2D eigenvalue weighted by Crippen LogP contribution is 2.22. The minimum absolute atomic E-state index is 0.0255. The molecule has 2 aromatic rings. The number of carbonyl (C=O) groups excluding carboxylic acids is 1. The SMILES string of the molecule is Cc1cc(C)c(NC(=O)/C=C/c2ccc([N+](=O)[O-])cc2)c(C)c1. The Kier molecular flexibility index (Phi) is 4.91. The summed E-state index contributed by atoms with van der Waals surface area (Å²) in [5, 5.41) is 13.5. The van der Waals surface area contributed by atoms with Gasteiger partial charge in [0, 0.05) is 23.9 Å². The van der Waals surface area contributed by atoms with Gasteiger partial charge in [-0.2, -0.15) is 0 Å². The zero-order valence-electron chi connectivity index (χ0n) is 13.3. The summed E-state index contributed by atoms with van der Waals surface area (Å²) in [5.41, 5.74) is 4.74. The Labute approximate surface area is 134 Å². The molecule has 1 N–H and O–H groups in total. The first-order valence-corrected chi connectivity index (χ1v) is 7.18. The normalized spacial score (nSPS) is 10.7. The van der Waals surface area contributed by atoms with E-state index in [1.54, 1.807) is 18.2 Å². The van der Waals surface area contributed by atoms with Crippen molar-refractivity contribution in [3.8, 4) is 0 Å². The van der Waals surface area contributed by atoms with E-state index in [0.29, 0.717) is 0 Å². The second-order valence-corrected chi connectivity index (χ2v) is 5.44. The Morgan fingerprint density at radius 3 is 2.17 bits per heavy atom. The van der Waals surface area contributed by atoms with Crippen LogP contribution in [-0.2, 0) is 4.79 Å². The summed E-state index contributed by atoms with van der Waals surface area (Å²) < 4.78 is 0. The second-order valence-electron chi connectivity index (χ2n) is 5.44. The maximum absolute atomic E-state index is 12.0. The Balaban J connectivity index is 2.09. The van der Waals surface area contributed by atoms with Crippen molar-refractivity contribution in [3.63, 3.8) is 0 Å². The number of nitro benzene ring substituents is 1. The molecular weight excluding hydrogens is 292 g/mol. The van der Waals surface area contributed by atoms with Crippen LogP contribution in [0.5, 0.6) is 0 Å². The van der Waals surface area contributed by atoms with E-state index in [4.69, 9.17) is 0 Å². The van der Waals surface area contributed by atoms with Gasteiger partial charge in [-0.15, -0.1) is 0 Å². The van der Waals surface area contributed by atoms with Crippen LogP contribution in [0.3, 0.4) is 0 Å². The van der Waals surface area contributed by atoms with Gasteiger partial charge in [-0.25, -0.2) is 0 Å². The van der Waals surface area contributed by atoms with E-state index >= 15 is 0 Å². The summed E-state index contributed by atoms with van der Waals surface area (Å²) in [7, 11) is 0. The second kappa shape index (κ2) is 6.87. The van der Waals surface area contributed by atoms with Crippen LogP contribution in [0.25, 0.3) is 6.08 Å². The molecule has 0 saturated carbocycles. The molecule has 0 fully saturated rings. The van der Waals surface area contributed by atoms with Crippen molar-refractivity contribution in [2.75, 3.05) is 5.32 Å². The fourth-order valence-electron chi connectivity index (χ4n) is 2.42. The molecule has 0 spiro atoms. The van der Waals surface area contributed by atoms with E-state index in [2.05, 4.69) is 5.32 Å². The van der Waals surface area contributed by atoms with Crippen LogP contribution in [-0.4, -0.2) is 10.8 Å². The molecule has 0 aliphatic heterocycles. The molecule has 2 rings (SSSR count). The number of rotatable bonds is 4. The monoisotopic (exact) mass is 310 g/mol. The van der Waals surface area contributed by atoms with Crippen LogP contribution in [0.15, 0.2) is 42.5 Å². The number of carbonyl (C=O) groups is 1. The zero-order chi connectivity index (χ0) is 17.0. The third-order valence-electron chi connectivity index (χ3n) is 3.46. The molecule has 0 aromatic heterocycles. The molecule has 0 unspecified atom stereocenters. The lowest BCUT2D eigenvalue weighted by Gasteiger charge is -2.11. The van der Waals surface area contributed by atoms with E-state index in [9.17, 15) is 14.9 Å². The van der Waals surface area contributed by atoms with Gasteiger partial charge in [-0.05, 0) is 55.7 Å². The summed E-state index contributed by atoms with van der Waals surface area (Å²) in [4.78, 5) is 22.2. The number of amides is 1. The van der Waals surface area contributed by atoms with Crippen LogP contribution in [0.2, 0.25) is 0 Å². The molecule has 0 atom stereocenters. The van der Waals surface area contributed by atoms with Crippen LogP contribution in [0, 0.1) is 30.9 Å². The van der Waals surface area contributed by atoms with Crippen molar-refractivity contribution in [2.24, 2.45) is 0 Å². The molecule has 118 valence electrons. The van der Waals surface area contributed by atoms with Crippen LogP contribution >= 0.6 is 0 Å². The Hall–Kier alpha value is -2.95. The van der Waals surface area contributed by atoms with Crippen molar-refractivity contribution >= 4 is 23.4 Å².